The number of ether oxygens (including phenoxy) is 1. The maximum atomic E-state index is 13.3. The minimum Gasteiger partial charge on any atom is -0.465 e. The van der Waals surface area contributed by atoms with Crippen molar-refractivity contribution in [1.82, 2.24) is 5.32 Å². The summed E-state index contributed by atoms with van der Waals surface area (Å²) in [5, 5.41) is 5.18. The summed E-state index contributed by atoms with van der Waals surface area (Å²) in [4.78, 5) is 41.5. The molecule has 1 aromatic heterocycles. The van der Waals surface area contributed by atoms with Gasteiger partial charge in [-0.25, -0.2) is 4.90 Å². The molecule has 0 bridgehead atoms. The first kappa shape index (κ1) is 17.9. The van der Waals surface area contributed by atoms with Crippen molar-refractivity contribution in [2.24, 2.45) is 11.8 Å². The van der Waals surface area contributed by atoms with E-state index in [0.717, 1.165) is 4.88 Å². The molecule has 27 heavy (non-hydrogen) atoms. The molecular weight excluding hydrogens is 364 g/mol. The number of nitrogens with one attached hydrogen (secondary N) is 1. The van der Waals surface area contributed by atoms with Gasteiger partial charge in [0.1, 0.15) is 5.54 Å². The molecule has 0 unspecified atom stereocenters. The third kappa shape index (κ3) is 2.61. The van der Waals surface area contributed by atoms with Gasteiger partial charge in [-0.1, -0.05) is 24.3 Å². The van der Waals surface area contributed by atoms with Gasteiger partial charge in [-0.15, -0.1) is 11.3 Å². The lowest BCUT2D eigenvalue weighted by atomic mass is 9.81. The van der Waals surface area contributed by atoms with Crippen molar-refractivity contribution in [3.63, 3.8) is 0 Å². The number of carbonyl (C=O) groups is 3. The second-order valence-corrected chi connectivity index (χ2v) is 7.89. The van der Waals surface area contributed by atoms with Crippen LogP contribution >= 0.6 is 11.3 Å². The molecule has 2 saturated heterocycles. The molecule has 6 nitrogen and oxygen atoms in total. The fourth-order valence-corrected chi connectivity index (χ4v) is 4.97. The first-order chi connectivity index (χ1) is 13.0. The Morgan fingerprint density at radius 2 is 1.93 bits per heavy atom. The van der Waals surface area contributed by atoms with Crippen LogP contribution in [0.1, 0.15) is 24.8 Å². The van der Waals surface area contributed by atoms with Crippen molar-refractivity contribution in [3.05, 3.63) is 52.7 Å². The number of benzene rings is 1. The Bertz CT molecular complexity index is 883. The van der Waals surface area contributed by atoms with Gasteiger partial charge in [0.2, 0.25) is 11.8 Å². The molecule has 1 aromatic carbocycles. The number of hydrogen-bond donors (Lipinski definition) is 1. The zero-order chi connectivity index (χ0) is 19.2. The van der Waals surface area contributed by atoms with Crippen molar-refractivity contribution in [2.45, 2.75) is 25.4 Å². The standard InChI is InChI=1S/C20H20N2O4S/c1-3-26-19(25)20(2)15-14(16(21-20)13-10-7-11-27-13)17(23)22(18(15)24)12-8-5-4-6-9-12/h4-11,14-16,21H,3H2,1-2H3/t14-,15-,16-,20+/m0/s1. The fourth-order valence-electron chi connectivity index (χ4n) is 4.15. The number of para-hydroxylation sites is 1. The van der Waals surface area contributed by atoms with E-state index in [4.69, 9.17) is 4.74 Å². The number of thiophene rings is 1. The molecule has 1 N–H and O–H groups in total. The van der Waals surface area contributed by atoms with Crippen molar-refractivity contribution in [2.75, 3.05) is 11.5 Å². The van der Waals surface area contributed by atoms with Crippen LogP contribution in [0.25, 0.3) is 0 Å². The van der Waals surface area contributed by atoms with Crippen LogP contribution < -0.4 is 10.2 Å². The average Bonchev–Trinajstić information content (AvgIpc) is 3.34. The Kier molecular flexibility index (Phi) is 4.36. The zero-order valence-corrected chi connectivity index (χ0v) is 15.9. The Balaban J connectivity index is 1.81. The molecule has 3 heterocycles. The lowest BCUT2D eigenvalue weighted by Gasteiger charge is -2.28. The summed E-state index contributed by atoms with van der Waals surface area (Å²) in [5.41, 5.74) is -0.732. The highest BCUT2D eigenvalue weighted by Gasteiger charge is 2.67. The van der Waals surface area contributed by atoms with E-state index < -0.39 is 29.4 Å². The molecule has 140 valence electrons. The van der Waals surface area contributed by atoms with Gasteiger partial charge < -0.3 is 4.74 Å². The van der Waals surface area contributed by atoms with Gasteiger partial charge in [0.15, 0.2) is 0 Å². The van der Waals surface area contributed by atoms with Gasteiger partial charge in [-0.2, -0.15) is 0 Å². The summed E-state index contributed by atoms with van der Waals surface area (Å²) in [6.45, 7) is 3.60. The van der Waals surface area contributed by atoms with Crippen LogP contribution in [-0.4, -0.2) is 29.9 Å². The highest BCUT2D eigenvalue weighted by molar-refractivity contribution is 7.10. The second-order valence-electron chi connectivity index (χ2n) is 6.91. The summed E-state index contributed by atoms with van der Waals surface area (Å²) in [6.07, 6.45) is 0. The summed E-state index contributed by atoms with van der Waals surface area (Å²) < 4.78 is 5.25. The molecule has 0 saturated carbocycles. The highest BCUT2D eigenvalue weighted by atomic mass is 32.1. The monoisotopic (exact) mass is 384 g/mol. The predicted molar refractivity (Wildman–Crippen MR) is 101 cm³/mol. The normalized spacial score (nSPS) is 29.9. The van der Waals surface area contributed by atoms with Crippen molar-refractivity contribution in [1.29, 1.82) is 0 Å². The van der Waals surface area contributed by atoms with Gasteiger partial charge >= 0.3 is 5.97 Å². The minimum atomic E-state index is -1.26. The van der Waals surface area contributed by atoms with Crippen LogP contribution in [0.15, 0.2) is 47.8 Å². The maximum absolute atomic E-state index is 13.3. The van der Waals surface area contributed by atoms with E-state index >= 15 is 0 Å². The van der Waals surface area contributed by atoms with E-state index in [9.17, 15) is 14.4 Å². The van der Waals surface area contributed by atoms with E-state index in [-0.39, 0.29) is 18.4 Å². The number of hydrogen-bond acceptors (Lipinski definition) is 6. The SMILES string of the molecule is CCOC(=O)[C@]1(C)N[C@@H](c2cccs2)[C@H]2C(=O)N(c3ccccc3)C(=O)[C@H]21. The molecule has 2 amide bonds. The number of rotatable bonds is 4. The van der Waals surface area contributed by atoms with Gasteiger partial charge in [-0.05, 0) is 37.4 Å². The summed E-state index contributed by atoms with van der Waals surface area (Å²) >= 11 is 1.50. The van der Waals surface area contributed by atoms with E-state index in [1.54, 1.807) is 38.1 Å². The quantitative estimate of drug-likeness (QED) is 0.648. The average molecular weight is 384 g/mol. The summed E-state index contributed by atoms with van der Waals surface area (Å²) in [7, 11) is 0. The molecule has 0 aliphatic carbocycles. The molecule has 4 atom stereocenters. The van der Waals surface area contributed by atoms with Crippen LogP contribution in [0.3, 0.4) is 0 Å². The predicted octanol–water partition coefficient (Wildman–Crippen LogP) is 2.52. The second kappa shape index (κ2) is 6.58. The molecule has 0 radical (unpaired) electrons. The maximum Gasteiger partial charge on any atom is 0.326 e. The number of nitrogens with zero attached hydrogens (tertiary/aromatic N) is 1. The Hall–Kier alpha value is -2.51. The van der Waals surface area contributed by atoms with Crippen LogP contribution in [0, 0.1) is 11.8 Å². The molecule has 2 aliphatic heterocycles. The number of carbonyl (C=O) groups excluding carboxylic acids is 3. The number of fused-ring (bicyclic) bond motifs is 1. The molecule has 2 aliphatic rings. The first-order valence-corrected chi connectivity index (χ1v) is 9.78. The molecule has 4 rings (SSSR count). The number of esters is 1. The molecule has 0 spiro atoms. The van der Waals surface area contributed by atoms with Crippen LogP contribution in [0.4, 0.5) is 5.69 Å². The van der Waals surface area contributed by atoms with E-state index in [1.165, 1.54) is 16.2 Å². The van der Waals surface area contributed by atoms with Crippen molar-refractivity contribution >= 4 is 34.8 Å². The number of amides is 2. The topological polar surface area (TPSA) is 75.7 Å². The van der Waals surface area contributed by atoms with Gasteiger partial charge in [0.05, 0.1) is 30.2 Å². The third-order valence-corrected chi connectivity index (χ3v) is 6.31. The van der Waals surface area contributed by atoms with Gasteiger partial charge in [-0.3, -0.25) is 19.7 Å². The van der Waals surface area contributed by atoms with Crippen LogP contribution in [-0.2, 0) is 19.1 Å². The van der Waals surface area contributed by atoms with Gasteiger partial charge in [0, 0.05) is 4.88 Å². The van der Waals surface area contributed by atoms with Crippen LogP contribution in [0.5, 0.6) is 0 Å². The van der Waals surface area contributed by atoms with Crippen molar-refractivity contribution in [3.8, 4) is 0 Å². The molecule has 2 fully saturated rings. The Morgan fingerprint density at radius 1 is 1.19 bits per heavy atom. The fraction of sp³-hybridized carbons (Fsp3) is 0.350. The van der Waals surface area contributed by atoms with Gasteiger partial charge in [0.25, 0.3) is 0 Å². The highest BCUT2D eigenvalue weighted by Crippen LogP contribution is 2.50. The number of imide groups is 1. The molecule has 7 heteroatoms. The first-order valence-electron chi connectivity index (χ1n) is 8.90. The van der Waals surface area contributed by atoms with Crippen molar-refractivity contribution < 1.29 is 19.1 Å². The largest absolute Gasteiger partial charge is 0.465 e. The zero-order valence-electron chi connectivity index (χ0n) is 15.0. The lowest BCUT2D eigenvalue weighted by Crippen LogP contribution is -2.54. The lowest BCUT2D eigenvalue weighted by molar-refractivity contribution is -0.153. The molecular formula is C20H20N2O4S. The Morgan fingerprint density at radius 3 is 2.56 bits per heavy atom. The van der Waals surface area contributed by atoms with E-state index in [0.29, 0.717) is 5.69 Å². The summed E-state index contributed by atoms with van der Waals surface area (Å²) in [6, 6.07) is 12.3. The summed E-state index contributed by atoms with van der Waals surface area (Å²) in [5.74, 6) is -2.61. The van der Waals surface area contributed by atoms with Crippen LogP contribution in [0.2, 0.25) is 0 Å². The van der Waals surface area contributed by atoms with E-state index in [2.05, 4.69) is 5.32 Å². The minimum absolute atomic E-state index is 0.210. The number of anilines is 1. The third-order valence-electron chi connectivity index (χ3n) is 5.35. The smallest absolute Gasteiger partial charge is 0.326 e. The Labute approximate surface area is 161 Å². The molecule has 2 aromatic rings. The van der Waals surface area contributed by atoms with E-state index in [1.807, 2.05) is 23.6 Å².